The molecule has 1 atom stereocenters. The number of nitrogens with zero attached hydrogens (tertiary/aromatic N) is 1. The minimum atomic E-state index is 0. The zero-order valence-electron chi connectivity index (χ0n) is 13.7. The van der Waals surface area contributed by atoms with Crippen molar-refractivity contribution in [3.8, 4) is 0 Å². The second kappa shape index (κ2) is 11.0. The first-order valence-corrected chi connectivity index (χ1v) is 8.94. The zero-order chi connectivity index (χ0) is 15.8. The molecule has 6 heteroatoms. The highest BCUT2D eigenvalue weighted by Gasteiger charge is 2.18. The SMILES string of the molecule is CCC(Cc1ccccc1Br)C(=O)NCCN1CCNCC1.Cl. The predicted molar refractivity (Wildman–Crippen MR) is 101 cm³/mol. The van der Waals surface area contributed by atoms with Gasteiger partial charge in [0, 0.05) is 49.7 Å². The van der Waals surface area contributed by atoms with Gasteiger partial charge in [-0.25, -0.2) is 0 Å². The van der Waals surface area contributed by atoms with Crippen LogP contribution < -0.4 is 10.6 Å². The van der Waals surface area contributed by atoms with Crippen molar-refractivity contribution in [1.29, 1.82) is 0 Å². The van der Waals surface area contributed by atoms with E-state index in [1.165, 1.54) is 5.56 Å². The first kappa shape index (κ1) is 20.4. The van der Waals surface area contributed by atoms with Crippen LogP contribution in [0.2, 0.25) is 0 Å². The highest BCUT2D eigenvalue weighted by atomic mass is 79.9. The fourth-order valence-electron chi connectivity index (χ4n) is 2.77. The van der Waals surface area contributed by atoms with Crippen molar-refractivity contribution in [2.75, 3.05) is 39.3 Å². The number of carbonyl (C=O) groups excluding carboxylic acids is 1. The average Bonchev–Trinajstić information content (AvgIpc) is 2.55. The van der Waals surface area contributed by atoms with E-state index >= 15 is 0 Å². The Bertz CT molecular complexity index is 481. The van der Waals surface area contributed by atoms with Crippen LogP contribution in [0, 0.1) is 5.92 Å². The van der Waals surface area contributed by atoms with E-state index in [1.54, 1.807) is 0 Å². The summed E-state index contributed by atoms with van der Waals surface area (Å²) < 4.78 is 1.09. The molecule has 0 radical (unpaired) electrons. The van der Waals surface area contributed by atoms with E-state index in [1.807, 2.05) is 18.2 Å². The van der Waals surface area contributed by atoms with Crippen LogP contribution in [-0.4, -0.2) is 50.1 Å². The van der Waals surface area contributed by atoms with Crippen LogP contribution in [0.3, 0.4) is 0 Å². The Morgan fingerprint density at radius 3 is 2.70 bits per heavy atom. The molecule has 1 aromatic rings. The minimum absolute atomic E-state index is 0. The molecule has 23 heavy (non-hydrogen) atoms. The predicted octanol–water partition coefficient (Wildman–Crippen LogP) is 2.46. The molecule has 0 bridgehead atoms. The summed E-state index contributed by atoms with van der Waals surface area (Å²) in [5.74, 6) is 0.218. The van der Waals surface area contributed by atoms with Crippen molar-refractivity contribution < 1.29 is 4.79 Å². The van der Waals surface area contributed by atoms with E-state index in [-0.39, 0.29) is 24.2 Å². The van der Waals surface area contributed by atoms with Gasteiger partial charge in [0.05, 0.1) is 0 Å². The van der Waals surface area contributed by atoms with Gasteiger partial charge >= 0.3 is 0 Å². The van der Waals surface area contributed by atoms with Gasteiger partial charge in [0.15, 0.2) is 0 Å². The molecule has 4 nitrogen and oxygen atoms in total. The van der Waals surface area contributed by atoms with Gasteiger partial charge in [0.25, 0.3) is 0 Å². The summed E-state index contributed by atoms with van der Waals surface area (Å²) in [5, 5.41) is 6.44. The van der Waals surface area contributed by atoms with Crippen LogP contribution in [0.4, 0.5) is 0 Å². The molecule has 0 spiro atoms. The summed E-state index contributed by atoms with van der Waals surface area (Å²) in [5.41, 5.74) is 1.20. The fourth-order valence-corrected chi connectivity index (χ4v) is 3.21. The lowest BCUT2D eigenvalue weighted by atomic mass is 9.96. The van der Waals surface area contributed by atoms with Gasteiger partial charge in [0.1, 0.15) is 0 Å². The second-order valence-electron chi connectivity index (χ2n) is 5.78. The largest absolute Gasteiger partial charge is 0.355 e. The van der Waals surface area contributed by atoms with Crippen LogP contribution in [-0.2, 0) is 11.2 Å². The molecule has 1 unspecified atom stereocenters. The smallest absolute Gasteiger partial charge is 0.223 e. The number of nitrogens with one attached hydrogen (secondary N) is 2. The molecular formula is C17H27BrClN3O. The number of piperazine rings is 1. The van der Waals surface area contributed by atoms with Gasteiger partial charge in [-0.15, -0.1) is 12.4 Å². The van der Waals surface area contributed by atoms with E-state index in [0.717, 1.165) is 56.6 Å². The first-order chi connectivity index (χ1) is 10.7. The number of amides is 1. The highest BCUT2D eigenvalue weighted by molar-refractivity contribution is 9.10. The van der Waals surface area contributed by atoms with Crippen molar-refractivity contribution in [2.45, 2.75) is 19.8 Å². The van der Waals surface area contributed by atoms with Crippen LogP contribution >= 0.6 is 28.3 Å². The Morgan fingerprint density at radius 1 is 1.35 bits per heavy atom. The van der Waals surface area contributed by atoms with Gasteiger partial charge in [-0.1, -0.05) is 41.1 Å². The number of hydrogen-bond acceptors (Lipinski definition) is 3. The van der Waals surface area contributed by atoms with Crippen molar-refractivity contribution in [3.05, 3.63) is 34.3 Å². The summed E-state index contributed by atoms with van der Waals surface area (Å²) >= 11 is 3.56. The third-order valence-corrected chi connectivity index (χ3v) is 5.00. The van der Waals surface area contributed by atoms with Gasteiger partial charge in [-0.2, -0.15) is 0 Å². The molecule has 130 valence electrons. The van der Waals surface area contributed by atoms with E-state index in [9.17, 15) is 4.79 Å². The number of benzene rings is 1. The molecule has 2 rings (SSSR count). The molecule has 1 saturated heterocycles. The Labute approximate surface area is 153 Å². The molecule has 0 aromatic heterocycles. The monoisotopic (exact) mass is 403 g/mol. The molecule has 1 fully saturated rings. The topological polar surface area (TPSA) is 44.4 Å². The molecule has 0 saturated carbocycles. The molecule has 1 aliphatic heterocycles. The average molecular weight is 405 g/mol. The zero-order valence-corrected chi connectivity index (χ0v) is 16.1. The maximum absolute atomic E-state index is 12.4. The van der Waals surface area contributed by atoms with Gasteiger partial charge in [-0.05, 0) is 24.5 Å². The second-order valence-corrected chi connectivity index (χ2v) is 6.64. The van der Waals surface area contributed by atoms with E-state index in [2.05, 4.69) is 44.5 Å². The molecule has 1 amide bonds. The Kier molecular flexibility index (Phi) is 9.79. The highest BCUT2D eigenvalue weighted by Crippen LogP contribution is 2.21. The first-order valence-electron chi connectivity index (χ1n) is 8.15. The van der Waals surface area contributed by atoms with Crippen molar-refractivity contribution in [3.63, 3.8) is 0 Å². The standard InChI is InChI=1S/C17H26BrN3O.ClH/c1-2-14(13-15-5-3-4-6-16(15)18)17(22)20-9-12-21-10-7-19-8-11-21;/h3-6,14,19H,2,7-13H2,1H3,(H,20,22);1H. The van der Waals surface area contributed by atoms with Crippen LogP contribution in [0.5, 0.6) is 0 Å². The maximum atomic E-state index is 12.4. The van der Waals surface area contributed by atoms with E-state index < -0.39 is 0 Å². The summed E-state index contributed by atoms with van der Waals surface area (Å²) in [7, 11) is 0. The third-order valence-electron chi connectivity index (χ3n) is 4.22. The number of rotatable bonds is 7. The van der Waals surface area contributed by atoms with Crippen molar-refractivity contribution >= 4 is 34.2 Å². The molecule has 1 aromatic carbocycles. The fraction of sp³-hybridized carbons (Fsp3) is 0.588. The van der Waals surface area contributed by atoms with Crippen molar-refractivity contribution in [2.24, 2.45) is 5.92 Å². The summed E-state index contributed by atoms with van der Waals surface area (Å²) in [6, 6.07) is 8.14. The molecule has 0 aliphatic carbocycles. The summed E-state index contributed by atoms with van der Waals surface area (Å²) in [6.07, 6.45) is 1.65. The Morgan fingerprint density at radius 2 is 2.04 bits per heavy atom. The van der Waals surface area contributed by atoms with Gasteiger partial charge in [0.2, 0.25) is 5.91 Å². The quantitative estimate of drug-likeness (QED) is 0.734. The lowest BCUT2D eigenvalue weighted by molar-refractivity contribution is -0.125. The minimum Gasteiger partial charge on any atom is -0.355 e. The lowest BCUT2D eigenvalue weighted by Crippen LogP contribution is -2.46. The van der Waals surface area contributed by atoms with Crippen LogP contribution in [0.1, 0.15) is 18.9 Å². The number of hydrogen-bond donors (Lipinski definition) is 2. The normalized spacial score (nSPS) is 16.4. The van der Waals surface area contributed by atoms with Crippen molar-refractivity contribution in [1.82, 2.24) is 15.5 Å². The van der Waals surface area contributed by atoms with Gasteiger partial charge < -0.3 is 10.6 Å². The third kappa shape index (κ3) is 6.79. The number of halogens is 2. The van der Waals surface area contributed by atoms with Gasteiger partial charge in [-0.3, -0.25) is 9.69 Å². The van der Waals surface area contributed by atoms with E-state index in [0.29, 0.717) is 0 Å². The molecule has 1 heterocycles. The van der Waals surface area contributed by atoms with E-state index in [4.69, 9.17) is 0 Å². The molecular weight excluding hydrogens is 378 g/mol. The number of carbonyl (C=O) groups is 1. The Hall–Kier alpha value is -0.620. The van der Waals surface area contributed by atoms with Crippen LogP contribution in [0.25, 0.3) is 0 Å². The lowest BCUT2D eigenvalue weighted by Gasteiger charge is -2.27. The molecule has 2 N–H and O–H groups in total. The summed E-state index contributed by atoms with van der Waals surface area (Å²) in [4.78, 5) is 14.8. The maximum Gasteiger partial charge on any atom is 0.223 e. The summed E-state index contributed by atoms with van der Waals surface area (Å²) in [6.45, 7) is 8.01. The van der Waals surface area contributed by atoms with Crippen LogP contribution in [0.15, 0.2) is 28.7 Å². The molecule has 1 aliphatic rings. The Balaban J connectivity index is 0.00000264.